The molecule has 1 aromatic rings. The van der Waals surface area contributed by atoms with E-state index in [9.17, 15) is 45.6 Å². The summed E-state index contributed by atoms with van der Waals surface area (Å²) in [5.41, 5.74) is 1.21. The van der Waals surface area contributed by atoms with E-state index in [-0.39, 0.29) is 29.9 Å². The van der Waals surface area contributed by atoms with Crippen molar-refractivity contribution in [3.05, 3.63) is 28.8 Å². The standard InChI is InChI=1S/C23H32O13/c1-8-4-9-12(3-2-10(25)15(9)11(26)5-8)34-23-21(32)19(30)17(28)14(36-23)7-33-22-20(31)18(29)16(27)13(6-24)35-22/h4-5,12-14,16-24,26-32H,2-3,6-7H2,1H3/t12-,13-,14-,16-,17-,18+,19+,20-,21-,22-,23-/m1/s1. The third kappa shape index (κ3) is 5.14. The number of phenols is 1. The summed E-state index contributed by atoms with van der Waals surface area (Å²) in [4.78, 5) is 12.3. The van der Waals surface area contributed by atoms with Gasteiger partial charge in [0.1, 0.15) is 54.6 Å². The maximum Gasteiger partial charge on any atom is 0.187 e. The molecule has 0 amide bonds. The van der Waals surface area contributed by atoms with Gasteiger partial charge in [-0.2, -0.15) is 0 Å². The van der Waals surface area contributed by atoms with Crippen LogP contribution in [0.25, 0.3) is 0 Å². The van der Waals surface area contributed by atoms with Crippen molar-refractivity contribution in [3.63, 3.8) is 0 Å². The van der Waals surface area contributed by atoms with Crippen LogP contribution < -0.4 is 0 Å². The molecule has 0 bridgehead atoms. The molecular formula is C23H32O13. The fourth-order valence-electron chi connectivity index (χ4n) is 4.76. The van der Waals surface area contributed by atoms with E-state index in [2.05, 4.69) is 0 Å². The minimum absolute atomic E-state index is 0.0753. The Labute approximate surface area is 206 Å². The van der Waals surface area contributed by atoms with Crippen molar-refractivity contribution < 1.29 is 64.6 Å². The lowest BCUT2D eigenvalue weighted by Gasteiger charge is -2.43. The maximum atomic E-state index is 12.3. The zero-order chi connectivity index (χ0) is 26.3. The fraction of sp³-hybridized carbons (Fsp3) is 0.696. The molecule has 8 N–H and O–H groups in total. The van der Waals surface area contributed by atoms with E-state index in [1.807, 2.05) is 0 Å². The molecule has 202 valence electrons. The third-order valence-electron chi connectivity index (χ3n) is 6.79. The van der Waals surface area contributed by atoms with Crippen LogP contribution in [0.5, 0.6) is 5.75 Å². The van der Waals surface area contributed by atoms with Crippen LogP contribution in [0.15, 0.2) is 12.1 Å². The number of carbonyl (C=O) groups is 1. The maximum absolute atomic E-state index is 12.3. The molecule has 13 heteroatoms. The number of Topliss-reactive ketones (excluding diaryl/α,β-unsaturated/α-hetero) is 1. The van der Waals surface area contributed by atoms with E-state index >= 15 is 0 Å². The number of aromatic hydroxyl groups is 1. The van der Waals surface area contributed by atoms with Gasteiger partial charge in [0.25, 0.3) is 0 Å². The molecule has 0 saturated carbocycles. The molecule has 0 radical (unpaired) electrons. The topological polar surface area (TPSA) is 216 Å². The Morgan fingerprint density at radius 3 is 2.17 bits per heavy atom. The first-order valence-corrected chi connectivity index (χ1v) is 11.7. The molecule has 36 heavy (non-hydrogen) atoms. The van der Waals surface area contributed by atoms with Crippen LogP contribution in [0.1, 0.15) is 40.4 Å². The van der Waals surface area contributed by atoms with Gasteiger partial charge in [-0.05, 0) is 30.5 Å². The van der Waals surface area contributed by atoms with Gasteiger partial charge in [0.15, 0.2) is 18.4 Å². The number of rotatable bonds is 6. The molecule has 0 spiro atoms. The number of hydrogen-bond donors (Lipinski definition) is 8. The van der Waals surface area contributed by atoms with Crippen molar-refractivity contribution in [3.8, 4) is 5.75 Å². The minimum Gasteiger partial charge on any atom is -0.507 e. The summed E-state index contributed by atoms with van der Waals surface area (Å²) in [6, 6.07) is 3.13. The number of ketones is 1. The minimum atomic E-state index is -1.71. The first-order valence-electron chi connectivity index (χ1n) is 11.7. The first kappa shape index (κ1) is 27.3. The second kappa shape index (κ2) is 10.9. The Morgan fingerprint density at radius 2 is 1.50 bits per heavy atom. The highest BCUT2D eigenvalue weighted by Crippen LogP contribution is 2.40. The number of hydrogen-bond acceptors (Lipinski definition) is 13. The number of aryl methyl sites for hydroxylation is 1. The van der Waals surface area contributed by atoms with E-state index in [1.165, 1.54) is 6.07 Å². The summed E-state index contributed by atoms with van der Waals surface area (Å²) in [5, 5.41) is 80.8. The number of aliphatic hydroxyl groups is 7. The van der Waals surface area contributed by atoms with Gasteiger partial charge in [0, 0.05) is 6.42 Å². The second-order valence-electron chi connectivity index (χ2n) is 9.38. The Kier molecular flexibility index (Phi) is 8.29. The Morgan fingerprint density at radius 1 is 0.889 bits per heavy atom. The van der Waals surface area contributed by atoms with Gasteiger partial charge in [-0.15, -0.1) is 0 Å². The molecule has 2 aliphatic heterocycles. The van der Waals surface area contributed by atoms with Gasteiger partial charge in [0.05, 0.1) is 24.9 Å². The summed E-state index contributed by atoms with van der Waals surface area (Å²) >= 11 is 0. The monoisotopic (exact) mass is 516 g/mol. The second-order valence-corrected chi connectivity index (χ2v) is 9.38. The molecule has 2 saturated heterocycles. The molecule has 1 aromatic carbocycles. The van der Waals surface area contributed by atoms with Crippen LogP contribution in [-0.2, 0) is 18.9 Å². The molecular weight excluding hydrogens is 484 g/mol. The molecule has 3 aliphatic rings. The molecule has 1 aliphatic carbocycles. The van der Waals surface area contributed by atoms with E-state index in [4.69, 9.17) is 18.9 Å². The van der Waals surface area contributed by atoms with Crippen LogP contribution in [-0.4, -0.2) is 121 Å². The SMILES string of the molecule is Cc1cc(O)c2c(c1)[C@H](O[C@@H]1O[C@H](CO[C@@H]3O[C@H](CO)[C@@H](O)[C@H](O)[C@H]3O)[C@@H](O)[C@H](O)[C@H]1O)CCC2=O. The normalized spacial score (nSPS) is 41.2. The Bertz CT molecular complexity index is 939. The van der Waals surface area contributed by atoms with Crippen LogP contribution in [0, 0.1) is 6.92 Å². The quantitative estimate of drug-likeness (QED) is 0.194. The van der Waals surface area contributed by atoms with Gasteiger partial charge in [-0.25, -0.2) is 0 Å². The van der Waals surface area contributed by atoms with Crippen LogP contribution >= 0.6 is 0 Å². The lowest BCUT2D eigenvalue weighted by molar-refractivity contribution is -0.336. The third-order valence-corrected chi connectivity index (χ3v) is 6.79. The summed E-state index contributed by atoms with van der Waals surface area (Å²) in [6.45, 7) is 0.580. The highest BCUT2D eigenvalue weighted by molar-refractivity contribution is 6.01. The molecule has 13 nitrogen and oxygen atoms in total. The number of fused-ring (bicyclic) bond motifs is 1. The highest BCUT2D eigenvalue weighted by atomic mass is 16.7. The fourth-order valence-corrected chi connectivity index (χ4v) is 4.76. The number of aliphatic hydroxyl groups excluding tert-OH is 7. The molecule has 2 fully saturated rings. The predicted molar refractivity (Wildman–Crippen MR) is 117 cm³/mol. The highest BCUT2D eigenvalue weighted by Gasteiger charge is 2.48. The van der Waals surface area contributed by atoms with E-state index in [0.717, 1.165) is 0 Å². The van der Waals surface area contributed by atoms with Crippen molar-refractivity contribution >= 4 is 5.78 Å². The Balaban J connectivity index is 1.46. The smallest absolute Gasteiger partial charge is 0.187 e. The zero-order valence-corrected chi connectivity index (χ0v) is 19.5. The molecule has 0 unspecified atom stereocenters. The van der Waals surface area contributed by atoms with Crippen molar-refractivity contribution in [2.75, 3.05) is 13.2 Å². The van der Waals surface area contributed by atoms with E-state index in [0.29, 0.717) is 11.1 Å². The van der Waals surface area contributed by atoms with Crippen LogP contribution in [0.3, 0.4) is 0 Å². The number of ether oxygens (including phenoxy) is 4. The average molecular weight is 516 g/mol. The van der Waals surface area contributed by atoms with Crippen molar-refractivity contribution in [1.82, 2.24) is 0 Å². The summed E-state index contributed by atoms with van der Waals surface area (Å²) < 4.78 is 22.2. The Hall–Kier alpha value is -1.75. The zero-order valence-electron chi connectivity index (χ0n) is 19.5. The van der Waals surface area contributed by atoms with Gasteiger partial charge in [0.2, 0.25) is 0 Å². The van der Waals surface area contributed by atoms with Gasteiger partial charge in [-0.3, -0.25) is 4.79 Å². The lowest BCUT2D eigenvalue weighted by atomic mass is 9.86. The number of phenolic OH excluding ortho intramolecular Hbond substituents is 1. The molecule has 11 atom stereocenters. The van der Waals surface area contributed by atoms with Crippen LogP contribution in [0.2, 0.25) is 0 Å². The van der Waals surface area contributed by atoms with E-state index in [1.54, 1.807) is 13.0 Å². The largest absolute Gasteiger partial charge is 0.507 e. The van der Waals surface area contributed by atoms with Crippen molar-refractivity contribution in [2.45, 2.75) is 87.3 Å². The summed E-state index contributed by atoms with van der Waals surface area (Å²) in [6.07, 6.45) is -15.8. The molecule has 0 aromatic heterocycles. The first-order chi connectivity index (χ1) is 17.0. The van der Waals surface area contributed by atoms with Crippen molar-refractivity contribution in [2.24, 2.45) is 0 Å². The van der Waals surface area contributed by atoms with Crippen molar-refractivity contribution in [1.29, 1.82) is 0 Å². The number of benzene rings is 1. The predicted octanol–water partition coefficient (Wildman–Crippen LogP) is -2.64. The molecule has 4 rings (SSSR count). The van der Waals surface area contributed by atoms with Gasteiger partial charge >= 0.3 is 0 Å². The van der Waals surface area contributed by atoms with Gasteiger partial charge < -0.3 is 59.8 Å². The van der Waals surface area contributed by atoms with Crippen LogP contribution in [0.4, 0.5) is 0 Å². The van der Waals surface area contributed by atoms with E-state index < -0.39 is 80.7 Å². The number of carbonyl (C=O) groups excluding carboxylic acids is 1. The average Bonchev–Trinajstić information content (AvgIpc) is 2.84. The van der Waals surface area contributed by atoms with Gasteiger partial charge in [-0.1, -0.05) is 6.07 Å². The summed E-state index contributed by atoms with van der Waals surface area (Å²) in [7, 11) is 0. The summed E-state index contributed by atoms with van der Waals surface area (Å²) in [5.74, 6) is -0.441. The molecule has 2 heterocycles. The lowest BCUT2D eigenvalue weighted by Crippen LogP contribution is -2.61.